The summed E-state index contributed by atoms with van der Waals surface area (Å²) in [4.78, 5) is 12.6. The van der Waals surface area contributed by atoms with E-state index in [9.17, 15) is 13.2 Å². The van der Waals surface area contributed by atoms with Crippen LogP contribution in [0.3, 0.4) is 0 Å². The zero-order valence-electron chi connectivity index (χ0n) is 17.4. The van der Waals surface area contributed by atoms with Crippen LogP contribution in [-0.2, 0) is 12.7 Å². The van der Waals surface area contributed by atoms with Crippen LogP contribution in [0.15, 0.2) is 30.7 Å². The first-order valence-electron chi connectivity index (χ1n) is 9.87. The van der Waals surface area contributed by atoms with Crippen LogP contribution < -0.4 is 10.6 Å². The number of halogens is 3. The third-order valence-corrected chi connectivity index (χ3v) is 5.04. The van der Waals surface area contributed by atoms with E-state index in [1.54, 1.807) is 6.20 Å². The molecule has 3 heterocycles. The topological polar surface area (TPSA) is 67.7 Å². The van der Waals surface area contributed by atoms with Crippen LogP contribution in [0.1, 0.15) is 46.1 Å². The van der Waals surface area contributed by atoms with E-state index in [1.807, 2.05) is 29.8 Å². The van der Waals surface area contributed by atoms with Crippen molar-refractivity contribution in [3.05, 3.63) is 36.3 Å². The fraction of sp³-hybridized carbons (Fsp3) is 0.476. The molecule has 160 valence electrons. The molecule has 0 unspecified atom stereocenters. The molecule has 30 heavy (non-hydrogen) atoms. The Hall–Kier alpha value is -2.84. The average Bonchev–Trinajstić information content (AvgIpc) is 3.25. The first-order valence-corrected chi connectivity index (χ1v) is 9.87. The summed E-state index contributed by atoms with van der Waals surface area (Å²) in [6.45, 7) is 9.01. The second-order valence-corrected chi connectivity index (χ2v) is 9.37. The molecule has 0 bridgehead atoms. The molecule has 3 aromatic heterocycles. The lowest BCUT2D eigenvalue weighted by atomic mass is 9.97. The molecule has 4 rings (SSSR count). The smallest absolute Gasteiger partial charge is 0.364 e. The second-order valence-electron chi connectivity index (χ2n) is 9.37. The summed E-state index contributed by atoms with van der Waals surface area (Å²) in [6.07, 6.45) is 1.54. The lowest BCUT2D eigenvalue weighted by molar-refractivity contribution is -0.137. The van der Waals surface area contributed by atoms with Crippen molar-refractivity contribution in [3.8, 4) is 0 Å². The molecular weight excluding hydrogens is 393 g/mol. The van der Waals surface area contributed by atoms with Gasteiger partial charge in [0.25, 0.3) is 0 Å². The van der Waals surface area contributed by atoms with Crippen molar-refractivity contribution in [2.75, 3.05) is 10.6 Å². The maximum atomic E-state index is 13.4. The van der Waals surface area contributed by atoms with Gasteiger partial charge in [0.15, 0.2) is 0 Å². The van der Waals surface area contributed by atoms with Gasteiger partial charge in [-0.1, -0.05) is 20.8 Å². The summed E-state index contributed by atoms with van der Waals surface area (Å²) in [5.74, 6) is -0.0926. The highest BCUT2D eigenvalue weighted by Crippen LogP contribution is 2.42. The van der Waals surface area contributed by atoms with E-state index in [0.717, 1.165) is 36.6 Å². The highest BCUT2D eigenvalue weighted by Gasteiger charge is 2.42. The Morgan fingerprint density at radius 2 is 1.90 bits per heavy atom. The van der Waals surface area contributed by atoms with E-state index >= 15 is 0 Å². The van der Waals surface area contributed by atoms with Crippen molar-refractivity contribution in [2.24, 2.45) is 5.41 Å². The van der Waals surface area contributed by atoms with Gasteiger partial charge < -0.3 is 15.2 Å². The fourth-order valence-corrected chi connectivity index (χ4v) is 3.32. The van der Waals surface area contributed by atoms with E-state index in [4.69, 9.17) is 0 Å². The van der Waals surface area contributed by atoms with Gasteiger partial charge in [0.2, 0.25) is 5.95 Å². The monoisotopic (exact) mass is 418 g/mol. The van der Waals surface area contributed by atoms with Gasteiger partial charge in [-0.3, -0.25) is 0 Å². The lowest BCUT2D eigenvalue weighted by Crippen LogP contribution is -2.21. The molecule has 3 aromatic rings. The minimum absolute atomic E-state index is 0.0302. The Morgan fingerprint density at radius 3 is 2.53 bits per heavy atom. The van der Waals surface area contributed by atoms with Crippen LogP contribution in [0.2, 0.25) is 0 Å². The molecule has 0 amide bonds. The summed E-state index contributed by atoms with van der Waals surface area (Å²) in [5.41, 5.74) is 0.315. The quantitative estimate of drug-likeness (QED) is 0.565. The molecule has 1 aliphatic rings. The zero-order chi connectivity index (χ0) is 21.7. The standard InChI is InChI=1S/C21H25F3N6/c1-19(2,3)12-30-11-15(13-6-5-9-25-17(13)30)27-18-26-10-14(21(22,23)24)16(28-18)29-20(4)7-8-20/h5-6,9-11H,7-8,12H2,1-4H3,(H2,26,27,28,29). The average molecular weight is 418 g/mol. The summed E-state index contributed by atoms with van der Waals surface area (Å²) in [6, 6.07) is 3.74. The Labute approximate surface area is 172 Å². The van der Waals surface area contributed by atoms with Crippen LogP contribution in [0.4, 0.5) is 30.6 Å². The molecule has 0 atom stereocenters. The maximum Gasteiger partial charge on any atom is 0.421 e. The Kier molecular flexibility index (Phi) is 4.67. The van der Waals surface area contributed by atoms with Gasteiger partial charge in [-0.25, -0.2) is 9.97 Å². The maximum absolute atomic E-state index is 13.4. The molecule has 0 aromatic carbocycles. The van der Waals surface area contributed by atoms with Gasteiger partial charge in [-0.05, 0) is 37.3 Å². The number of anilines is 3. The number of alkyl halides is 3. The predicted octanol–water partition coefficient (Wildman–Crippen LogP) is 5.60. The van der Waals surface area contributed by atoms with Crippen LogP contribution >= 0.6 is 0 Å². The molecule has 9 heteroatoms. The van der Waals surface area contributed by atoms with E-state index in [0.29, 0.717) is 5.69 Å². The molecule has 1 fully saturated rings. The molecule has 1 saturated carbocycles. The van der Waals surface area contributed by atoms with E-state index in [-0.39, 0.29) is 22.7 Å². The largest absolute Gasteiger partial charge is 0.421 e. The number of hydrogen-bond acceptors (Lipinski definition) is 5. The first kappa shape index (κ1) is 20.4. The van der Waals surface area contributed by atoms with Crippen LogP contribution in [0.5, 0.6) is 0 Å². The van der Waals surface area contributed by atoms with Crippen LogP contribution in [0.25, 0.3) is 11.0 Å². The van der Waals surface area contributed by atoms with Crippen molar-refractivity contribution in [2.45, 2.75) is 58.8 Å². The molecular formula is C21H25F3N6. The van der Waals surface area contributed by atoms with Gasteiger partial charge in [-0.2, -0.15) is 18.2 Å². The van der Waals surface area contributed by atoms with Crippen molar-refractivity contribution >= 4 is 28.5 Å². The normalized spacial score (nSPS) is 16.0. The highest BCUT2D eigenvalue weighted by atomic mass is 19.4. The molecule has 0 aliphatic heterocycles. The van der Waals surface area contributed by atoms with Crippen molar-refractivity contribution in [1.82, 2.24) is 19.5 Å². The molecule has 2 N–H and O–H groups in total. The first-order chi connectivity index (χ1) is 13.9. The summed E-state index contributed by atoms with van der Waals surface area (Å²) < 4.78 is 42.3. The van der Waals surface area contributed by atoms with Crippen molar-refractivity contribution in [3.63, 3.8) is 0 Å². The fourth-order valence-electron chi connectivity index (χ4n) is 3.32. The van der Waals surface area contributed by atoms with E-state index in [1.165, 1.54) is 0 Å². The van der Waals surface area contributed by atoms with Gasteiger partial charge in [0.1, 0.15) is 17.0 Å². The number of nitrogens with zero attached hydrogens (tertiary/aromatic N) is 4. The summed E-state index contributed by atoms with van der Waals surface area (Å²) >= 11 is 0. The molecule has 0 radical (unpaired) electrons. The Bertz CT molecular complexity index is 1080. The third kappa shape index (κ3) is 4.34. The number of pyridine rings is 1. The van der Waals surface area contributed by atoms with Gasteiger partial charge >= 0.3 is 6.18 Å². The molecule has 0 spiro atoms. The Morgan fingerprint density at radius 1 is 1.17 bits per heavy atom. The van der Waals surface area contributed by atoms with Crippen LogP contribution in [0, 0.1) is 5.41 Å². The number of hydrogen-bond donors (Lipinski definition) is 2. The zero-order valence-corrected chi connectivity index (χ0v) is 17.4. The Balaban J connectivity index is 1.71. The molecule has 1 aliphatic carbocycles. The third-order valence-electron chi connectivity index (χ3n) is 5.04. The highest BCUT2D eigenvalue weighted by molar-refractivity contribution is 5.92. The summed E-state index contributed by atoms with van der Waals surface area (Å²) in [7, 11) is 0. The number of fused-ring (bicyclic) bond motifs is 1. The molecule has 6 nitrogen and oxygen atoms in total. The van der Waals surface area contributed by atoms with Crippen molar-refractivity contribution < 1.29 is 13.2 Å². The SMILES string of the molecule is CC(C)(C)Cn1cc(Nc2ncc(C(F)(F)F)c(NC3(C)CC3)n2)c2cccnc21. The van der Waals surface area contributed by atoms with Crippen LogP contribution in [-0.4, -0.2) is 25.1 Å². The number of nitrogens with one attached hydrogen (secondary N) is 2. The van der Waals surface area contributed by atoms with Gasteiger partial charge in [0, 0.05) is 36.1 Å². The summed E-state index contributed by atoms with van der Waals surface area (Å²) in [5, 5.41) is 6.88. The lowest BCUT2D eigenvalue weighted by Gasteiger charge is -2.19. The van der Waals surface area contributed by atoms with Crippen molar-refractivity contribution in [1.29, 1.82) is 0 Å². The van der Waals surface area contributed by atoms with E-state index < -0.39 is 11.7 Å². The molecule has 0 saturated heterocycles. The predicted molar refractivity (Wildman–Crippen MR) is 111 cm³/mol. The minimum atomic E-state index is -4.53. The number of aromatic nitrogens is 4. The van der Waals surface area contributed by atoms with Gasteiger partial charge in [-0.15, -0.1) is 0 Å². The van der Waals surface area contributed by atoms with E-state index in [2.05, 4.69) is 46.4 Å². The second kappa shape index (κ2) is 6.85. The number of rotatable bonds is 5. The minimum Gasteiger partial charge on any atom is -0.364 e. The van der Waals surface area contributed by atoms with Gasteiger partial charge in [0.05, 0.1) is 5.69 Å².